The van der Waals surface area contributed by atoms with E-state index < -0.39 is 37.3 Å². The maximum atomic E-state index is 14.3. The fourth-order valence-electron chi connectivity index (χ4n) is 6.70. The van der Waals surface area contributed by atoms with Crippen LogP contribution in [-0.2, 0) is 36.6 Å². The Balaban J connectivity index is 1.18. The number of halogens is 1. The summed E-state index contributed by atoms with van der Waals surface area (Å²) in [5.41, 5.74) is 1.70. The first-order chi connectivity index (χ1) is 25.5. The predicted molar refractivity (Wildman–Crippen MR) is 205 cm³/mol. The molecule has 0 radical (unpaired) electrons. The Bertz CT molecular complexity index is 2520. The molecule has 1 aliphatic rings. The maximum absolute atomic E-state index is 14.3. The standard InChI is InChI=1S/C39H36ClN5O6S2/c40-31-10-12-32(13-11-31)44-19-21-45(22-20-44)39(47)36(43-26-53(50,51)38-35-8-4-2-6-28(35)16-18-42-38)24-29-9-14-33(46)23-30(29)25-52(48,49)37-34-7-3-1-5-27(34)15-17-41-37/h1-18,23,36,43,46H,19-22,24-26H2. The van der Waals surface area contributed by atoms with Gasteiger partial charge in [0.25, 0.3) is 0 Å². The lowest BCUT2D eigenvalue weighted by Crippen LogP contribution is -2.55. The van der Waals surface area contributed by atoms with Crippen LogP contribution in [0.25, 0.3) is 21.5 Å². The van der Waals surface area contributed by atoms with Gasteiger partial charge in [-0.1, -0.05) is 66.2 Å². The molecule has 1 aliphatic heterocycles. The van der Waals surface area contributed by atoms with Gasteiger partial charge >= 0.3 is 0 Å². The smallest absolute Gasteiger partial charge is 0.240 e. The van der Waals surface area contributed by atoms with Gasteiger partial charge in [-0.3, -0.25) is 10.1 Å². The lowest BCUT2D eigenvalue weighted by Gasteiger charge is -2.38. The monoisotopic (exact) mass is 769 g/mol. The average Bonchev–Trinajstić information content (AvgIpc) is 3.16. The van der Waals surface area contributed by atoms with E-state index in [1.165, 1.54) is 24.5 Å². The summed E-state index contributed by atoms with van der Waals surface area (Å²) >= 11 is 6.08. The van der Waals surface area contributed by atoms with Gasteiger partial charge in [0.1, 0.15) is 11.6 Å². The molecule has 1 saturated heterocycles. The van der Waals surface area contributed by atoms with Crippen LogP contribution < -0.4 is 10.2 Å². The third kappa shape index (κ3) is 7.98. The molecule has 53 heavy (non-hydrogen) atoms. The van der Waals surface area contributed by atoms with Crippen molar-refractivity contribution in [1.29, 1.82) is 0 Å². The number of hydrogen-bond donors (Lipinski definition) is 2. The van der Waals surface area contributed by atoms with Gasteiger partial charge in [-0.2, -0.15) is 0 Å². The van der Waals surface area contributed by atoms with Crippen LogP contribution in [0.2, 0.25) is 5.02 Å². The lowest BCUT2D eigenvalue weighted by atomic mass is 9.99. The highest BCUT2D eigenvalue weighted by Gasteiger charge is 2.31. The van der Waals surface area contributed by atoms with Crippen molar-refractivity contribution in [3.8, 4) is 5.75 Å². The molecule has 1 atom stereocenters. The topological polar surface area (TPSA) is 150 Å². The zero-order valence-corrected chi connectivity index (χ0v) is 30.9. The number of anilines is 1. The van der Waals surface area contributed by atoms with Gasteiger partial charge in [0.15, 0.2) is 19.9 Å². The van der Waals surface area contributed by atoms with Crippen LogP contribution in [0.1, 0.15) is 11.1 Å². The Labute approximate surface area is 312 Å². The number of phenolic OH excluding ortho intramolecular Hbond substituents is 1. The number of nitrogens with zero attached hydrogens (tertiary/aromatic N) is 4. The number of aromatic nitrogens is 2. The van der Waals surface area contributed by atoms with Gasteiger partial charge in [0.2, 0.25) is 15.7 Å². The second kappa shape index (κ2) is 15.1. The van der Waals surface area contributed by atoms with Crippen LogP contribution in [0, 0.1) is 0 Å². The molecule has 1 unspecified atom stereocenters. The van der Waals surface area contributed by atoms with Crippen molar-refractivity contribution in [1.82, 2.24) is 20.2 Å². The average molecular weight is 770 g/mol. The number of phenols is 1. The molecule has 1 fully saturated rings. The van der Waals surface area contributed by atoms with E-state index in [4.69, 9.17) is 11.6 Å². The summed E-state index contributed by atoms with van der Waals surface area (Å²) < 4.78 is 55.4. The molecule has 2 aromatic heterocycles. The normalized spacial score (nSPS) is 14.4. The van der Waals surface area contributed by atoms with Gasteiger partial charge in [-0.15, -0.1) is 0 Å². The summed E-state index contributed by atoms with van der Waals surface area (Å²) in [5.74, 6) is -1.58. The van der Waals surface area contributed by atoms with Crippen LogP contribution in [-0.4, -0.2) is 80.8 Å². The second-order valence-corrected chi connectivity index (χ2v) is 17.1. The number of amides is 1. The van der Waals surface area contributed by atoms with Crippen molar-refractivity contribution in [3.63, 3.8) is 0 Å². The number of carbonyl (C=O) groups is 1. The Morgan fingerprint density at radius 3 is 1.94 bits per heavy atom. The molecule has 2 N–H and O–H groups in total. The molecule has 3 heterocycles. The van der Waals surface area contributed by atoms with E-state index in [1.54, 1.807) is 59.5 Å². The number of benzene rings is 4. The number of pyridine rings is 2. The Morgan fingerprint density at radius 2 is 1.32 bits per heavy atom. The zero-order chi connectivity index (χ0) is 37.2. The molecular weight excluding hydrogens is 734 g/mol. The SMILES string of the molecule is O=C(C(Cc1ccc(O)cc1CS(=O)(=O)c1nccc2ccccc12)NCS(=O)(=O)c1nccc2ccccc12)N1CCN(c2ccc(Cl)cc2)CC1. The molecule has 11 nitrogen and oxygen atoms in total. The zero-order valence-electron chi connectivity index (χ0n) is 28.5. The van der Waals surface area contributed by atoms with E-state index in [0.717, 1.165) is 5.69 Å². The van der Waals surface area contributed by atoms with Gasteiger partial charge in [0.05, 0.1) is 11.8 Å². The third-order valence-corrected chi connectivity index (χ3v) is 12.7. The number of sulfone groups is 2. The minimum Gasteiger partial charge on any atom is -0.508 e. The molecule has 0 aliphatic carbocycles. The summed E-state index contributed by atoms with van der Waals surface area (Å²) in [7, 11) is -8.08. The quantitative estimate of drug-likeness (QED) is 0.176. The van der Waals surface area contributed by atoms with E-state index in [0.29, 0.717) is 58.3 Å². The first kappa shape index (κ1) is 36.3. The number of rotatable bonds is 11. The molecule has 7 rings (SSSR count). The van der Waals surface area contributed by atoms with E-state index >= 15 is 0 Å². The molecule has 1 amide bonds. The molecule has 0 saturated carbocycles. The van der Waals surface area contributed by atoms with E-state index in [1.807, 2.05) is 36.4 Å². The van der Waals surface area contributed by atoms with Gasteiger partial charge in [-0.05, 0) is 76.9 Å². The largest absolute Gasteiger partial charge is 0.508 e. The van der Waals surface area contributed by atoms with E-state index in [9.17, 15) is 26.7 Å². The Kier molecular flexibility index (Phi) is 10.3. The van der Waals surface area contributed by atoms with Crippen LogP contribution in [0.4, 0.5) is 5.69 Å². The summed E-state index contributed by atoms with van der Waals surface area (Å²) in [6.45, 7) is 1.83. The third-order valence-electron chi connectivity index (χ3n) is 9.42. The molecular formula is C39H36ClN5O6S2. The summed E-state index contributed by atoms with van der Waals surface area (Å²) in [5, 5.41) is 16.3. The molecule has 6 aromatic rings. The van der Waals surface area contributed by atoms with Crippen molar-refractivity contribution in [3.05, 3.63) is 132 Å². The second-order valence-electron chi connectivity index (χ2n) is 12.9. The van der Waals surface area contributed by atoms with Crippen molar-refractivity contribution < 1.29 is 26.7 Å². The summed E-state index contributed by atoms with van der Waals surface area (Å²) in [4.78, 5) is 26.6. The summed E-state index contributed by atoms with van der Waals surface area (Å²) in [6, 6.07) is 28.3. The van der Waals surface area contributed by atoms with Gasteiger partial charge in [0, 0.05) is 60.1 Å². The fourth-order valence-corrected chi connectivity index (χ4v) is 9.68. The van der Waals surface area contributed by atoms with Gasteiger partial charge < -0.3 is 14.9 Å². The van der Waals surface area contributed by atoms with Gasteiger partial charge in [-0.25, -0.2) is 26.8 Å². The van der Waals surface area contributed by atoms with Crippen molar-refractivity contribution in [2.75, 3.05) is 37.0 Å². The number of aromatic hydroxyl groups is 1. The first-order valence-electron chi connectivity index (χ1n) is 16.9. The minimum absolute atomic E-state index is 0.0528. The highest BCUT2D eigenvalue weighted by atomic mass is 35.5. The number of fused-ring (bicyclic) bond motifs is 2. The van der Waals surface area contributed by atoms with E-state index in [2.05, 4.69) is 20.2 Å². The highest BCUT2D eigenvalue weighted by Crippen LogP contribution is 2.28. The Morgan fingerprint density at radius 1 is 0.736 bits per heavy atom. The number of hydrogen-bond acceptors (Lipinski definition) is 10. The van der Waals surface area contributed by atoms with Crippen LogP contribution in [0.15, 0.2) is 126 Å². The molecule has 272 valence electrons. The molecule has 0 bridgehead atoms. The van der Waals surface area contributed by atoms with Crippen LogP contribution >= 0.6 is 11.6 Å². The number of nitrogens with one attached hydrogen (secondary N) is 1. The summed E-state index contributed by atoms with van der Waals surface area (Å²) in [6.07, 6.45) is 2.82. The maximum Gasteiger partial charge on any atom is 0.240 e. The first-order valence-corrected chi connectivity index (χ1v) is 20.6. The van der Waals surface area contributed by atoms with Crippen LogP contribution in [0.3, 0.4) is 0 Å². The van der Waals surface area contributed by atoms with Crippen molar-refractivity contribution >= 4 is 64.4 Å². The molecule has 14 heteroatoms. The predicted octanol–water partition coefficient (Wildman–Crippen LogP) is 5.40. The molecule has 0 spiro atoms. The molecule has 4 aromatic carbocycles. The Hall–Kier alpha value is -5.08. The minimum atomic E-state index is -4.05. The number of piperazine rings is 1. The fraction of sp³-hybridized carbons (Fsp3) is 0.205. The van der Waals surface area contributed by atoms with Crippen molar-refractivity contribution in [2.45, 2.75) is 28.3 Å². The number of carbonyl (C=O) groups excluding carboxylic acids is 1. The highest BCUT2D eigenvalue weighted by molar-refractivity contribution is 7.91. The van der Waals surface area contributed by atoms with Crippen LogP contribution in [0.5, 0.6) is 5.75 Å². The van der Waals surface area contributed by atoms with E-state index in [-0.39, 0.29) is 33.7 Å². The van der Waals surface area contributed by atoms with Crippen molar-refractivity contribution in [2.24, 2.45) is 0 Å². The lowest BCUT2D eigenvalue weighted by molar-refractivity contribution is -0.133.